The quantitative estimate of drug-likeness (QED) is 0.413. The van der Waals surface area contributed by atoms with E-state index in [4.69, 9.17) is 4.42 Å². The van der Waals surface area contributed by atoms with Gasteiger partial charge in [-0.25, -0.2) is 0 Å². The first-order valence-electron chi connectivity index (χ1n) is 8.10. The number of para-hydroxylation sites is 1. The summed E-state index contributed by atoms with van der Waals surface area (Å²) in [6, 6.07) is 16.8. The molecule has 0 unspecified atom stereocenters. The van der Waals surface area contributed by atoms with Gasteiger partial charge in [-0.1, -0.05) is 30.3 Å². The molecule has 3 nitrogen and oxygen atoms in total. The highest BCUT2D eigenvalue weighted by molar-refractivity contribution is 6.10. The number of hydrogen-bond acceptors (Lipinski definition) is 1. The third-order valence-corrected chi connectivity index (χ3v) is 4.82. The van der Waals surface area contributed by atoms with Crippen LogP contribution in [0.25, 0.3) is 38.7 Å². The highest BCUT2D eigenvalue weighted by atomic mass is 16.3. The van der Waals surface area contributed by atoms with Crippen LogP contribution in [0.1, 0.15) is 5.56 Å². The van der Waals surface area contributed by atoms with E-state index in [1.54, 1.807) is 0 Å². The van der Waals surface area contributed by atoms with Gasteiger partial charge in [0.05, 0.1) is 11.8 Å². The Morgan fingerprint density at radius 3 is 2.71 bits per heavy atom. The minimum Gasteiger partial charge on any atom is -0.455 e. The molecule has 0 saturated heterocycles. The van der Waals surface area contributed by atoms with Crippen LogP contribution in [0.4, 0.5) is 0 Å². The molecule has 24 heavy (non-hydrogen) atoms. The van der Waals surface area contributed by atoms with Crippen LogP contribution in [0.3, 0.4) is 0 Å². The van der Waals surface area contributed by atoms with Gasteiger partial charge in [-0.15, -0.1) is 0 Å². The fraction of sp³-hybridized carbons (Fsp3) is 0.0952. The normalized spacial score (nSPS) is 11.8. The van der Waals surface area contributed by atoms with Crippen LogP contribution in [-0.2, 0) is 7.05 Å². The van der Waals surface area contributed by atoms with Crippen molar-refractivity contribution in [1.29, 1.82) is 0 Å². The van der Waals surface area contributed by atoms with Gasteiger partial charge in [0.15, 0.2) is 6.20 Å². The molecule has 2 aromatic carbocycles. The summed E-state index contributed by atoms with van der Waals surface area (Å²) >= 11 is 0. The molecule has 5 aromatic rings. The fourth-order valence-corrected chi connectivity index (χ4v) is 3.64. The molecule has 0 saturated carbocycles. The molecule has 0 aliphatic rings. The summed E-state index contributed by atoms with van der Waals surface area (Å²) in [5, 5.41) is 2.33. The van der Waals surface area contributed by atoms with Gasteiger partial charge in [-0.3, -0.25) is 0 Å². The van der Waals surface area contributed by atoms with E-state index >= 15 is 0 Å². The minimum absolute atomic E-state index is 0.935. The number of nitrogens with zero attached hydrogens (tertiary/aromatic N) is 2. The molecule has 0 N–H and O–H groups in total. The minimum atomic E-state index is 0.935. The zero-order valence-corrected chi connectivity index (χ0v) is 13.7. The van der Waals surface area contributed by atoms with Crippen LogP contribution in [0.2, 0.25) is 0 Å². The maximum absolute atomic E-state index is 6.28. The number of benzene rings is 2. The number of furan rings is 1. The molecule has 3 heteroatoms. The lowest BCUT2D eigenvalue weighted by Gasteiger charge is -2.07. The summed E-state index contributed by atoms with van der Waals surface area (Å²) in [6.07, 6.45) is 6.24. The lowest BCUT2D eigenvalue weighted by molar-refractivity contribution is -0.659. The summed E-state index contributed by atoms with van der Waals surface area (Å²) in [5.74, 6) is 0. The molecule has 0 spiro atoms. The van der Waals surface area contributed by atoms with E-state index in [9.17, 15) is 0 Å². The van der Waals surface area contributed by atoms with Gasteiger partial charge < -0.3 is 8.82 Å². The van der Waals surface area contributed by atoms with Crippen molar-refractivity contribution in [3.8, 4) is 11.3 Å². The van der Waals surface area contributed by atoms with Crippen LogP contribution in [-0.4, -0.2) is 4.40 Å². The van der Waals surface area contributed by atoms with Crippen LogP contribution in [0.5, 0.6) is 0 Å². The number of hydrogen-bond donors (Lipinski definition) is 0. The van der Waals surface area contributed by atoms with E-state index in [-0.39, 0.29) is 0 Å². The molecule has 116 valence electrons. The lowest BCUT2D eigenvalue weighted by Crippen LogP contribution is -2.31. The maximum atomic E-state index is 6.28. The second-order valence-electron chi connectivity index (χ2n) is 6.29. The third kappa shape index (κ3) is 1.69. The highest BCUT2D eigenvalue weighted by Gasteiger charge is 2.23. The van der Waals surface area contributed by atoms with Gasteiger partial charge >= 0.3 is 0 Å². The first-order chi connectivity index (χ1) is 11.7. The van der Waals surface area contributed by atoms with E-state index in [1.165, 1.54) is 27.5 Å². The molecule has 0 atom stereocenters. The van der Waals surface area contributed by atoms with Gasteiger partial charge in [0, 0.05) is 17.0 Å². The first kappa shape index (κ1) is 13.4. The number of aromatic nitrogens is 2. The van der Waals surface area contributed by atoms with Crippen molar-refractivity contribution in [2.24, 2.45) is 7.05 Å². The SMILES string of the molecule is Cc1ccc2c(oc3ccccc32)c1-c1c2cccn2cc[n+]1C. The Morgan fingerprint density at radius 1 is 0.917 bits per heavy atom. The van der Waals surface area contributed by atoms with Crippen molar-refractivity contribution in [1.82, 2.24) is 4.40 Å². The van der Waals surface area contributed by atoms with E-state index in [1.807, 2.05) is 12.1 Å². The van der Waals surface area contributed by atoms with Crippen LogP contribution < -0.4 is 4.57 Å². The maximum Gasteiger partial charge on any atom is 0.240 e. The predicted octanol–water partition coefficient (Wildman–Crippen LogP) is 4.64. The molecule has 0 aliphatic heterocycles. The standard InChI is InChI=1S/C21H17N2O/c1-14-9-10-16-15-6-3-4-8-18(15)24-21(16)19(14)20-17-7-5-11-23(17)13-12-22(20)2/h3-13H,1-2H3/q+1. The molecule has 0 aliphatic carbocycles. The van der Waals surface area contributed by atoms with Crippen molar-refractivity contribution in [2.45, 2.75) is 6.92 Å². The third-order valence-electron chi connectivity index (χ3n) is 4.82. The Bertz CT molecular complexity index is 1230. The molecule has 0 radical (unpaired) electrons. The van der Waals surface area contributed by atoms with Crippen molar-refractivity contribution in [3.05, 3.63) is 72.7 Å². The molecule has 0 bridgehead atoms. The molecule has 3 heterocycles. The summed E-state index contributed by atoms with van der Waals surface area (Å²) in [4.78, 5) is 0. The molecule has 0 amide bonds. The molecule has 5 rings (SSSR count). The average Bonchev–Trinajstić information content (AvgIpc) is 3.20. The zero-order valence-electron chi connectivity index (χ0n) is 13.7. The number of fused-ring (bicyclic) bond motifs is 4. The molecule has 3 aromatic heterocycles. The van der Waals surface area contributed by atoms with Gasteiger partial charge in [0.25, 0.3) is 0 Å². The van der Waals surface area contributed by atoms with Gasteiger partial charge in [0.1, 0.15) is 23.7 Å². The van der Waals surface area contributed by atoms with E-state index in [0.717, 1.165) is 16.7 Å². The van der Waals surface area contributed by atoms with E-state index < -0.39 is 0 Å². The Labute approximate surface area is 139 Å². The monoisotopic (exact) mass is 313 g/mol. The summed E-state index contributed by atoms with van der Waals surface area (Å²) in [6.45, 7) is 2.15. The largest absolute Gasteiger partial charge is 0.455 e. The van der Waals surface area contributed by atoms with Crippen LogP contribution in [0.15, 0.2) is 71.5 Å². The van der Waals surface area contributed by atoms with Crippen LogP contribution in [0, 0.1) is 6.92 Å². The second kappa shape index (κ2) is 4.71. The summed E-state index contributed by atoms with van der Waals surface area (Å²) in [7, 11) is 2.09. The van der Waals surface area contributed by atoms with Gasteiger partial charge in [-0.2, -0.15) is 4.57 Å². The first-order valence-corrected chi connectivity index (χ1v) is 8.10. The van der Waals surface area contributed by atoms with E-state index in [0.29, 0.717) is 0 Å². The van der Waals surface area contributed by atoms with Gasteiger partial charge in [0.2, 0.25) is 5.69 Å². The summed E-state index contributed by atoms with van der Waals surface area (Å²) < 4.78 is 10.6. The molecular formula is C21H17N2O+. The second-order valence-corrected chi connectivity index (χ2v) is 6.29. The summed E-state index contributed by atoms with van der Waals surface area (Å²) in [5.41, 5.74) is 6.62. The zero-order chi connectivity index (χ0) is 16.3. The Kier molecular flexibility index (Phi) is 2.63. The Morgan fingerprint density at radius 2 is 1.79 bits per heavy atom. The average molecular weight is 313 g/mol. The van der Waals surface area contributed by atoms with E-state index in [2.05, 4.69) is 77.9 Å². The Hall–Kier alpha value is -3.07. The lowest BCUT2D eigenvalue weighted by atomic mass is 10.0. The van der Waals surface area contributed by atoms with Crippen molar-refractivity contribution >= 4 is 27.5 Å². The molecular weight excluding hydrogens is 296 g/mol. The fourth-order valence-electron chi connectivity index (χ4n) is 3.64. The van der Waals surface area contributed by atoms with Crippen LogP contribution >= 0.6 is 0 Å². The smallest absolute Gasteiger partial charge is 0.240 e. The molecule has 0 fully saturated rings. The highest BCUT2D eigenvalue weighted by Crippen LogP contribution is 2.37. The number of aryl methyl sites for hydroxylation is 2. The topological polar surface area (TPSA) is 21.4 Å². The van der Waals surface area contributed by atoms with Crippen molar-refractivity contribution in [3.63, 3.8) is 0 Å². The Balaban J connectivity index is 2.00. The van der Waals surface area contributed by atoms with Crippen molar-refractivity contribution in [2.75, 3.05) is 0 Å². The predicted molar refractivity (Wildman–Crippen MR) is 96.0 cm³/mol. The van der Waals surface area contributed by atoms with Gasteiger partial charge in [-0.05, 0) is 30.7 Å². The van der Waals surface area contributed by atoms with Crippen molar-refractivity contribution < 1.29 is 8.98 Å². The number of rotatable bonds is 1.